The van der Waals surface area contributed by atoms with E-state index in [1.165, 1.54) is 19.1 Å². The molecule has 0 unspecified atom stereocenters. The van der Waals surface area contributed by atoms with Crippen LogP contribution in [0.4, 0.5) is 0 Å². The highest BCUT2D eigenvalue weighted by Crippen LogP contribution is 2.27. The van der Waals surface area contributed by atoms with E-state index in [4.69, 9.17) is 4.42 Å². The molecule has 0 saturated heterocycles. The van der Waals surface area contributed by atoms with Gasteiger partial charge in [0, 0.05) is 6.54 Å². The monoisotopic (exact) mass is 209 g/mol. The Labute approximate surface area is 88.3 Å². The summed E-state index contributed by atoms with van der Waals surface area (Å²) < 4.78 is 5.11. The Balaban J connectivity index is 1.86. The first-order valence-corrected chi connectivity index (χ1v) is 5.17. The molecule has 0 spiro atoms. The summed E-state index contributed by atoms with van der Waals surface area (Å²) in [4.78, 5) is 15.6. The van der Waals surface area contributed by atoms with E-state index in [9.17, 15) is 4.79 Å². The van der Waals surface area contributed by atoms with Crippen molar-refractivity contribution in [1.29, 1.82) is 0 Å². The number of nitrogens with zero attached hydrogens (tertiary/aromatic N) is 1. The Morgan fingerprint density at radius 3 is 3.13 bits per heavy atom. The van der Waals surface area contributed by atoms with E-state index >= 15 is 0 Å². The Bertz CT molecular complexity index is 344. The molecular weight excluding hydrogens is 194 g/mol. The zero-order valence-corrected chi connectivity index (χ0v) is 8.75. The number of hydrogen-bond donors (Lipinski definition) is 2. The molecule has 1 aliphatic carbocycles. The Kier molecular flexibility index (Phi) is 3.01. The van der Waals surface area contributed by atoms with Crippen LogP contribution in [-0.2, 0) is 6.54 Å². The van der Waals surface area contributed by atoms with Crippen LogP contribution in [0.25, 0.3) is 0 Å². The molecule has 1 saturated carbocycles. The second kappa shape index (κ2) is 4.44. The molecule has 1 amide bonds. The molecule has 2 N–H and O–H groups in total. The molecule has 15 heavy (non-hydrogen) atoms. The predicted octanol–water partition coefficient (Wildman–Crippen LogP) is 0.534. The van der Waals surface area contributed by atoms with Gasteiger partial charge in [-0.25, -0.2) is 4.98 Å². The molecule has 1 heterocycles. The third-order valence-electron chi connectivity index (χ3n) is 2.36. The first-order chi connectivity index (χ1) is 7.29. The van der Waals surface area contributed by atoms with Gasteiger partial charge in [-0.2, -0.15) is 0 Å². The Morgan fingerprint density at radius 1 is 1.67 bits per heavy atom. The maximum Gasteiger partial charge on any atom is 0.273 e. The lowest BCUT2D eigenvalue weighted by atomic mass is 10.4. The molecule has 5 nitrogen and oxygen atoms in total. The van der Waals surface area contributed by atoms with Crippen molar-refractivity contribution < 1.29 is 9.21 Å². The highest BCUT2D eigenvalue weighted by atomic mass is 16.3. The van der Waals surface area contributed by atoms with Crippen molar-refractivity contribution in [1.82, 2.24) is 15.6 Å². The van der Waals surface area contributed by atoms with Gasteiger partial charge in [-0.3, -0.25) is 4.79 Å². The second-order valence-electron chi connectivity index (χ2n) is 3.81. The number of carbonyl (C=O) groups is 1. The van der Waals surface area contributed by atoms with Crippen LogP contribution in [0.15, 0.2) is 10.7 Å². The minimum absolute atomic E-state index is 0.145. The van der Waals surface area contributed by atoms with E-state index in [2.05, 4.69) is 15.6 Å². The van der Waals surface area contributed by atoms with Gasteiger partial charge in [0.25, 0.3) is 5.91 Å². The number of oxazole rings is 1. The molecule has 0 radical (unpaired) electrons. The van der Waals surface area contributed by atoms with Crippen LogP contribution in [0.1, 0.15) is 29.2 Å². The highest BCUT2D eigenvalue weighted by Gasteiger charge is 2.22. The zero-order chi connectivity index (χ0) is 10.7. The summed E-state index contributed by atoms with van der Waals surface area (Å²) in [7, 11) is 1.80. The molecule has 1 aromatic rings. The number of hydrogen-bond acceptors (Lipinski definition) is 4. The normalized spacial score (nSPS) is 15.3. The number of aromatic nitrogens is 1. The summed E-state index contributed by atoms with van der Waals surface area (Å²) in [5.41, 5.74) is 0.362. The molecule has 0 atom stereocenters. The molecule has 1 fully saturated rings. The molecule has 5 heteroatoms. The smallest absolute Gasteiger partial charge is 0.273 e. The van der Waals surface area contributed by atoms with E-state index in [1.807, 2.05) is 0 Å². The van der Waals surface area contributed by atoms with Crippen LogP contribution in [0, 0.1) is 5.92 Å². The first kappa shape index (κ1) is 10.2. The number of rotatable bonds is 5. The van der Waals surface area contributed by atoms with Crippen LogP contribution in [0.2, 0.25) is 0 Å². The molecule has 0 bridgehead atoms. The van der Waals surface area contributed by atoms with Gasteiger partial charge in [0.1, 0.15) is 6.26 Å². The summed E-state index contributed by atoms with van der Waals surface area (Å²) in [6, 6.07) is 0. The van der Waals surface area contributed by atoms with Crippen molar-refractivity contribution in [2.75, 3.05) is 13.6 Å². The largest absolute Gasteiger partial charge is 0.447 e. The van der Waals surface area contributed by atoms with E-state index < -0.39 is 0 Å². The van der Waals surface area contributed by atoms with Crippen LogP contribution in [0.3, 0.4) is 0 Å². The summed E-state index contributed by atoms with van der Waals surface area (Å²) >= 11 is 0. The third kappa shape index (κ3) is 2.79. The Morgan fingerprint density at radius 2 is 2.47 bits per heavy atom. The van der Waals surface area contributed by atoms with Gasteiger partial charge in [-0.1, -0.05) is 0 Å². The summed E-state index contributed by atoms with van der Waals surface area (Å²) in [6.45, 7) is 1.29. The van der Waals surface area contributed by atoms with Crippen molar-refractivity contribution in [2.45, 2.75) is 19.4 Å². The van der Waals surface area contributed by atoms with Gasteiger partial charge in [0.2, 0.25) is 5.89 Å². The maximum absolute atomic E-state index is 11.5. The van der Waals surface area contributed by atoms with Gasteiger partial charge in [0.05, 0.1) is 6.54 Å². The summed E-state index contributed by atoms with van der Waals surface area (Å²) in [5.74, 6) is 1.07. The van der Waals surface area contributed by atoms with Crippen LogP contribution in [-0.4, -0.2) is 24.5 Å². The molecule has 0 aromatic carbocycles. The SMILES string of the molecule is CNCc1nc(C(=O)NCC2CC2)co1. The minimum atomic E-state index is -0.145. The maximum atomic E-state index is 11.5. The molecule has 82 valence electrons. The van der Waals surface area contributed by atoms with Gasteiger partial charge in [0.15, 0.2) is 5.69 Å². The quantitative estimate of drug-likeness (QED) is 0.742. The number of nitrogens with one attached hydrogen (secondary N) is 2. The van der Waals surface area contributed by atoms with Crippen LogP contribution >= 0.6 is 0 Å². The second-order valence-corrected chi connectivity index (χ2v) is 3.81. The standard InChI is InChI=1S/C10H15N3O2/c1-11-5-9-13-8(6-15-9)10(14)12-4-7-2-3-7/h6-7,11H,2-5H2,1H3,(H,12,14). The molecule has 2 rings (SSSR count). The highest BCUT2D eigenvalue weighted by molar-refractivity contribution is 5.91. The summed E-state index contributed by atoms with van der Waals surface area (Å²) in [5, 5.41) is 5.74. The van der Waals surface area contributed by atoms with E-state index in [0.29, 0.717) is 24.0 Å². The van der Waals surface area contributed by atoms with Crippen molar-refractivity contribution in [3.63, 3.8) is 0 Å². The molecule has 0 aliphatic heterocycles. The number of amides is 1. The third-order valence-corrected chi connectivity index (χ3v) is 2.36. The van der Waals surface area contributed by atoms with Crippen LogP contribution < -0.4 is 10.6 Å². The molecule has 1 aromatic heterocycles. The lowest BCUT2D eigenvalue weighted by Gasteiger charge is -1.99. The van der Waals surface area contributed by atoms with Gasteiger partial charge >= 0.3 is 0 Å². The fourth-order valence-electron chi connectivity index (χ4n) is 1.30. The first-order valence-electron chi connectivity index (χ1n) is 5.17. The average molecular weight is 209 g/mol. The van der Waals surface area contributed by atoms with Crippen molar-refractivity contribution in [3.8, 4) is 0 Å². The van der Waals surface area contributed by atoms with E-state index in [-0.39, 0.29) is 5.91 Å². The fourth-order valence-corrected chi connectivity index (χ4v) is 1.30. The Hall–Kier alpha value is -1.36. The zero-order valence-electron chi connectivity index (χ0n) is 8.75. The molecule has 1 aliphatic rings. The van der Waals surface area contributed by atoms with Gasteiger partial charge in [-0.15, -0.1) is 0 Å². The number of carbonyl (C=O) groups excluding carboxylic acids is 1. The summed E-state index contributed by atoms with van der Waals surface area (Å²) in [6.07, 6.45) is 3.85. The lowest BCUT2D eigenvalue weighted by Crippen LogP contribution is -2.25. The van der Waals surface area contributed by atoms with Crippen molar-refractivity contribution in [2.24, 2.45) is 5.92 Å². The lowest BCUT2D eigenvalue weighted by molar-refractivity contribution is 0.0947. The van der Waals surface area contributed by atoms with Gasteiger partial charge in [-0.05, 0) is 25.8 Å². The topological polar surface area (TPSA) is 67.2 Å². The predicted molar refractivity (Wildman–Crippen MR) is 54.3 cm³/mol. The fraction of sp³-hybridized carbons (Fsp3) is 0.600. The van der Waals surface area contributed by atoms with Crippen molar-refractivity contribution in [3.05, 3.63) is 17.8 Å². The van der Waals surface area contributed by atoms with Crippen molar-refractivity contribution >= 4 is 5.91 Å². The van der Waals surface area contributed by atoms with Gasteiger partial charge < -0.3 is 15.1 Å². The minimum Gasteiger partial charge on any atom is -0.447 e. The van der Waals surface area contributed by atoms with E-state index in [1.54, 1.807) is 7.05 Å². The average Bonchev–Trinajstić information content (AvgIpc) is 2.94. The van der Waals surface area contributed by atoms with Crippen LogP contribution in [0.5, 0.6) is 0 Å². The van der Waals surface area contributed by atoms with E-state index in [0.717, 1.165) is 6.54 Å². The molecular formula is C10H15N3O2.